The number of unbranched alkanes of at least 4 members (excludes halogenated alkanes) is 2. The van der Waals surface area contributed by atoms with Crippen LogP contribution in [-0.2, 0) is 40.1 Å². The molecule has 0 aromatic heterocycles. The number of aliphatic hydroxyl groups is 3. The summed E-state index contributed by atoms with van der Waals surface area (Å²) >= 11 is 0. The Hall–Kier alpha value is -4.05. The molecule has 5 N–H and O–H groups in total. The molecule has 2 aliphatic heterocycles. The highest BCUT2D eigenvalue weighted by Crippen LogP contribution is 2.30. The van der Waals surface area contributed by atoms with Crippen molar-refractivity contribution in [2.75, 3.05) is 19.7 Å². The van der Waals surface area contributed by atoms with Crippen molar-refractivity contribution in [1.29, 1.82) is 0 Å². The minimum atomic E-state index is -1.87. The number of esters is 1. The van der Waals surface area contributed by atoms with Gasteiger partial charge in [0.05, 0.1) is 12.5 Å². The van der Waals surface area contributed by atoms with Gasteiger partial charge in [0.2, 0.25) is 12.2 Å². The number of amides is 3. The summed E-state index contributed by atoms with van der Waals surface area (Å²) in [6, 6.07) is 4.41. The molecule has 5 atom stereocenters. The molecule has 15 nitrogen and oxygen atoms in total. The maximum atomic E-state index is 12.2. The fourth-order valence-electron chi connectivity index (χ4n) is 4.42. The first kappa shape index (κ1) is 35.4. The molecule has 1 aromatic carbocycles. The number of aliphatic hydroxyl groups excluding tert-OH is 3. The van der Waals surface area contributed by atoms with Crippen LogP contribution in [0, 0.1) is 5.92 Å². The van der Waals surface area contributed by atoms with Gasteiger partial charge in [0, 0.05) is 43.3 Å². The second kappa shape index (κ2) is 16.9. The van der Waals surface area contributed by atoms with E-state index < -0.39 is 42.6 Å². The molecule has 15 heteroatoms. The fourth-order valence-corrected chi connectivity index (χ4v) is 4.42. The molecular weight excluding hydrogens is 596 g/mol. The van der Waals surface area contributed by atoms with Gasteiger partial charge in [-0.25, -0.2) is 4.79 Å². The van der Waals surface area contributed by atoms with E-state index in [4.69, 9.17) is 18.9 Å². The molecule has 3 amide bonds. The number of carbonyl (C=O) groups is 5. The van der Waals surface area contributed by atoms with Crippen molar-refractivity contribution in [3.63, 3.8) is 0 Å². The molecule has 0 unspecified atom stereocenters. The molecule has 0 radical (unpaired) electrons. The van der Waals surface area contributed by atoms with E-state index in [1.165, 1.54) is 29.2 Å². The minimum Gasteiger partial charge on any atom is -0.493 e. The van der Waals surface area contributed by atoms with Gasteiger partial charge >= 0.3 is 11.9 Å². The van der Waals surface area contributed by atoms with Gasteiger partial charge < -0.3 is 44.7 Å². The standard InChI is InChI=1S/C30H40N2O13/c1-17(2)29(41)43-16-18-8-9-19(44-30-26(38)24(36)25(37)27(45-30)28(39)40)15-20(18)42-14-6-12-31-21(33)7-4-3-5-13-32-22(34)10-11-23(32)35/h8-11,15,17,24-27,30,36-38H,3-7,12-14,16H2,1-2H3,(H,31,33)(H,39,40)/t24-,25-,26+,27-,30+/m0/s1. The van der Waals surface area contributed by atoms with Crippen LogP contribution >= 0.6 is 0 Å². The lowest BCUT2D eigenvalue weighted by Gasteiger charge is -2.38. The van der Waals surface area contributed by atoms with Crippen LogP contribution < -0.4 is 14.8 Å². The summed E-state index contributed by atoms with van der Waals surface area (Å²) in [5, 5.41) is 42.3. The molecule has 1 aromatic rings. The van der Waals surface area contributed by atoms with Crippen LogP contribution in [0.2, 0.25) is 0 Å². The lowest BCUT2D eigenvalue weighted by atomic mass is 9.99. The Morgan fingerprint density at radius 2 is 1.69 bits per heavy atom. The average Bonchev–Trinajstić information content (AvgIpc) is 3.32. The van der Waals surface area contributed by atoms with E-state index in [2.05, 4.69) is 5.32 Å². The van der Waals surface area contributed by atoms with Crippen LogP contribution in [0.15, 0.2) is 30.4 Å². The van der Waals surface area contributed by atoms with Gasteiger partial charge in [-0.05, 0) is 31.4 Å². The van der Waals surface area contributed by atoms with Gasteiger partial charge in [0.1, 0.15) is 36.4 Å². The number of carboxylic acid groups (broad SMARTS) is 1. The number of ether oxygens (including phenoxy) is 4. The van der Waals surface area contributed by atoms with Gasteiger partial charge in [-0.15, -0.1) is 0 Å². The summed E-state index contributed by atoms with van der Waals surface area (Å²) in [5.74, 6) is -2.81. The highest BCUT2D eigenvalue weighted by molar-refractivity contribution is 6.12. The molecule has 1 saturated heterocycles. The largest absolute Gasteiger partial charge is 0.493 e. The monoisotopic (exact) mass is 636 g/mol. The molecule has 1 fully saturated rings. The van der Waals surface area contributed by atoms with E-state index >= 15 is 0 Å². The molecule has 45 heavy (non-hydrogen) atoms. The first-order valence-corrected chi connectivity index (χ1v) is 14.7. The van der Waals surface area contributed by atoms with Gasteiger partial charge in [-0.3, -0.25) is 24.1 Å². The first-order valence-electron chi connectivity index (χ1n) is 14.7. The number of aliphatic carboxylic acids is 1. The van der Waals surface area contributed by atoms with Crippen LogP contribution in [0.1, 0.15) is 51.5 Å². The van der Waals surface area contributed by atoms with Gasteiger partial charge in [0.15, 0.2) is 6.10 Å². The SMILES string of the molecule is CC(C)C(=O)OCc1ccc(O[C@@H]2O[C@H](C(=O)O)[C@@H](O)[C@H](O)[C@H]2O)cc1OCCCNC(=O)CCCCCN1C(=O)C=CC1=O. The summed E-state index contributed by atoms with van der Waals surface area (Å²) < 4.78 is 21.9. The van der Waals surface area contributed by atoms with Crippen molar-refractivity contribution in [3.05, 3.63) is 35.9 Å². The van der Waals surface area contributed by atoms with E-state index in [1.54, 1.807) is 19.9 Å². The van der Waals surface area contributed by atoms with Gasteiger partial charge in [-0.2, -0.15) is 0 Å². The van der Waals surface area contributed by atoms with Gasteiger partial charge in [0.25, 0.3) is 11.8 Å². The van der Waals surface area contributed by atoms with Crippen LogP contribution in [0.4, 0.5) is 0 Å². The molecule has 2 aliphatic rings. The smallest absolute Gasteiger partial charge is 0.335 e. The Morgan fingerprint density at radius 3 is 2.36 bits per heavy atom. The van der Waals surface area contributed by atoms with Crippen LogP contribution in [0.5, 0.6) is 11.5 Å². The third-order valence-corrected chi connectivity index (χ3v) is 7.03. The lowest BCUT2D eigenvalue weighted by Crippen LogP contribution is -2.61. The molecule has 248 valence electrons. The number of hydrogen-bond acceptors (Lipinski definition) is 12. The highest BCUT2D eigenvalue weighted by Gasteiger charge is 2.48. The molecule has 2 heterocycles. The summed E-state index contributed by atoms with van der Waals surface area (Å²) in [7, 11) is 0. The van der Waals surface area contributed by atoms with E-state index in [0.717, 1.165) is 0 Å². The predicted octanol–water partition coefficient (Wildman–Crippen LogP) is 0.0273. The van der Waals surface area contributed by atoms with Crippen LogP contribution in [-0.4, -0.2) is 105 Å². The van der Waals surface area contributed by atoms with Crippen molar-refractivity contribution in [3.8, 4) is 11.5 Å². The van der Waals surface area contributed by atoms with Gasteiger partial charge in [-0.1, -0.05) is 20.3 Å². The second-order valence-electron chi connectivity index (χ2n) is 10.9. The number of nitrogens with zero attached hydrogens (tertiary/aromatic N) is 1. The zero-order chi connectivity index (χ0) is 33.1. The summed E-state index contributed by atoms with van der Waals surface area (Å²) in [6.45, 7) is 4.04. The summed E-state index contributed by atoms with van der Waals surface area (Å²) in [4.78, 5) is 59.9. The van der Waals surface area contributed by atoms with E-state index in [1.807, 2.05) is 0 Å². The molecule has 3 rings (SSSR count). The van der Waals surface area contributed by atoms with Crippen LogP contribution in [0.25, 0.3) is 0 Å². The summed E-state index contributed by atoms with van der Waals surface area (Å²) in [6.07, 6.45) is -3.87. The molecule has 0 spiro atoms. The molecular formula is C30H40N2O13. The Kier molecular flexibility index (Phi) is 13.3. The normalized spacial score (nSPS) is 22.9. The lowest BCUT2D eigenvalue weighted by molar-refractivity contribution is -0.271. The van der Waals surface area contributed by atoms with E-state index in [9.17, 15) is 44.4 Å². The maximum Gasteiger partial charge on any atom is 0.335 e. The number of rotatable bonds is 17. The van der Waals surface area contributed by atoms with Crippen molar-refractivity contribution in [1.82, 2.24) is 10.2 Å². The Labute approximate surface area is 259 Å². The van der Waals surface area contributed by atoms with Crippen molar-refractivity contribution < 1.29 is 63.3 Å². The maximum absolute atomic E-state index is 12.2. The van der Waals surface area contributed by atoms with Crippen molar-refractivity contribution in [2.24, 2.45) is 5.92 Å². The number of carbonyl (C=O) groups excluding carboxylic acids is 4. The number of nitrogens with one attached hydrogen (secondary N) is 1. The second-order valence-corrected chi connectivity index (χ2v) is 10.9. The van der Waals surface area contributed by atoms with Crippen molar-refractivity contribution >= 4 is 29.7 Å². The Morgan fingerprint density at radius 1 is 0.978 bits per heavy atom. The number of hydrogen-bond donors (Lipinski definition) is 5. The van der Waals surface area contributed by atoms with E-state index in [-0.39, 0.29) is 54.8 Å². The summed E-state index contributed by atoms with van der Waals surface area (Å²) in [5.41, 5.74) is 0.484. The zero-order valence-corrected chi connectivity index (χ0v) is 25.1. The van der Waals surface area contributed by atoms with Crippen molar-refractivity contribution in [2.45, 2.75) is 83.3 Å². The topological polar surface area (TPSA) is 218 Å². The Balaban J connectivity index is 1.49. The quantitative estimate of drug-likeness (QED) is 0.0867. The van der Waals surface area contributed by atoms with E-state index in [0.29, 0.717) is 44.3 Å². The molecule has 0 saturated carbocycles. The number of carboxylic acids is 1. The van der Waals surface area contributed by atoms with Crippen LogP contribution in [0.3, 0.4) is 0 Å². The molecule has 0 aliphatic carbocycles. The predicted molar refractivity (Wildman–Crippen MR) is 153 cm³/mol. The Bertz CT molecular complexity index is 1230. The molecule has 0 bridgehead atoms. The number of benzene rings is 1. The minimum absolute atomic E-state index is 0.0729. The third kappa shape index (κ3) is 10.2. The zero-order valence-electron chi connectivity index (χ0n) is 25.1. The number of imide groups is 1. The highest BCUT2D eigenvalue weighted by atomic mass is 16.7. The third-order valence-electron chi connectivity index (χ3n) is 7.03. The first-order chi connectivity index (χ1) is 21.4. The average molecular weight is 637 g/mol. The fraction of sp³-hybridized carbons (Fsp3) is 0.567.